The van der Waals surface area contributed by atoms with Gasteiger partial charge < -0.3 is 14.4 Å². The Bertz CT molecular complexity index is 739. The monoisotopic (exact) mass is 343 g/mol. The van der Waals surface area contributed by atoms with E-state index in [0.717, 1.165) is 32.4 Å². The summed E-state index contributed by atoms with van der Waals surface area (Å²) in [5, 5.41) is 0. The molecule has 1 unspecified atom stereocenters. The number of rotatable bonds is 4. The SMILES string of the molecule is O=C(Cn1ccccc1=O)N1CCC2(CCCN(CC3CC3)C2=O)C1. The second kappa shape index (κ2) is 6.32. The lowest BCUT2D eigenvalue weighted by Gasteiger charge is -2.39. The summed E-state index contributed by atoms with van der Waals surface area (Å²) in [6.45, 7) is 2.94. The molecule has 134 valence electrons. The molecule has 3 aliphatic rings. The molecule has 2 saturated heterocycles. The Morgan fingerprint density at radius 1 is 1.16 bits per heavy atom. The van der Waals surface area contributed by atoms with Crippen molar-refractivity contribution < 1.29 is 9.59 Å². The molecular formula is C19H25N3O3. The van der Waals surface area contributed by atoms with E-state index in [-0.39, 0.29) is 29.3 Å². The average Bonchev–Trinajstić information content (AvgIpc) is 3.32. The maximum atomic E-state index is 13.0. The first-order chi connectivity index (χ1) is 12.1. The molecule has 1 atom stereocenters. The topological polar surface area (TPSA) is 62.6 Å². The van der Waals surface area contributed by atoms with Gasteiger partial charge in [-0.25, -0.2) is 0 Å². The van der Waals surface area contributed by atoms with Gasteiger partial charge in [0.1, 0.15) is 6.54 Å². The summed E-state index contributed by atoms with van der Waals surface area (Å²) in [6.07, 6.45) is 6.78. The van der Waals surface area contributed by atoms with Gasteiger partial charge in [-0.1, -0.05) is 6.07 Å². The van der Waals surface area contributed by atoms with Crippen LogP contribution < -0.4 is 5.56 Å². The summed E-state index contributed by atoms with van der Waals surface area (Å²) < 4.78 is 1.43. The standard InChI is InChI=1S/C19H25N3O3/c23-16-4-1-2-9-20(16)13-17(24)22-11-8-19(14-22)7-3-10-21(18(19)25)12-15-5-6-15/h1-2,4,9,15H,3,5-8,10-14H2. The number of hydrogen-bond donors (Lipinski definition) is 0. The summed E-state index contributed by atoms with van der Waals surface area (Å²) in [5.41, 5.74) is -0.557. The van der Waals surface area contributed by atoms with Crippen LogP contribution in [0.5, 0.6) is 0 Å². The Hall–Kier alpha value is -2.11. The third-order valence-electron chi connectivity index (χ3n) is 5.91. The fourth-order valence-electron chi connectivity index (χ4n) is 4.24. The highest BCUT2D eigenvalue weighted by Gasteiger charge is 2.49. The van der Waals surface area contributed by atoms with Crippen LogP contribution in [-0.2, 0) is 16.1 Å². The van der Waals surface area contributed by atoms with Crippen molar-refractivity contribution in [1.29, 1.82) is 0 Å². The molecular weight excluding hydrogens is 318 g/mol. The molecule has 1 aliphatic carbocycles. The first-order valence-corrected chi connectivity index (χ1v) is 9.30. The van der Waals surface area contributed by atoms with Crippen LogP contribution in [0.3, 0.4) is 0 Å². The first kappa shape index (κ1) is 16.4. The molecule has 6 heteroatoms. The van der Waals surface area contributed by atoms with E-state index in [9.17, 15) is 14.4 Å². The quantitative estimate of drug-likeness (QED) is 0.822. The fourth-order valence-corrected chi connectivity index (χ4v) is 4.24. The molecule has 3 fully saturated rings. The van der Waals surface area contributed by atoms with E-state index in [0.29, 0.717) is 19.0 Å². The molecule has 0 bridgehead atoms. The Labute approximate surface area is 147 Å². The van der Waals surface area contributed by atoms with E-state index in [1.54, 1.807) is 23.2 Å². The van der Waals surface area contributed by atoms with Gasteiger partial charge >= 0.3 is 0 Å². The highest BCUT2D eigenvalue weighted by molar-refractivity contribution is 5.86. The van der Waals surface area contributed by atoms with Gasteiger partial charge in [0.05, 0.1) is 5.41 Å². The van der Waals surface area contributed by atoms with Crippen LogP contribution in [0.25, 0.3) is 0 Å². The zero-order valence-electron chi connectivity index (χ0n) is 14.5. The molecule has 0 radical (unpaired) electrons. The van der Waals surface area contributed by atoms with Crippen LogP contribution >= 0.6 is 0 Å². The zero-order valence-corrected chi connectivity index (χ0v) is 14.5. The lowest BCUT2D eigenvalue weighted by atomic mass is 9.78. The van der Waals surface area contributed by atoms with Crippen molar-refractivity contribution in [3.05, 3.63) is 34.7 Å². The number of carbonyl (C=O) groups is 2. The van der Waals surface area contributed by atoms with Crippen molar-refractivity contribution in [2.24, 2.45) is 11.3 Å². The summed E-state index contributed by atoms with van der Waals surface area (Å²) >= 11 is 0. The molecule has 0 aromatic carbocycles. The van der Waals surface area contributed by atoms with Gasteiger partial charge in [0.15, 0.2) is 0 Å². The minimum Gasteiger partial charge on any atom is -0.342 e. The highest BCUT2D eigenvalue weighted by Crippen LogP contribution is 2.41. The van der Waals surface area contributed by atoms with Gasteiger partial charge in [0, 0.05) is 38.4 Å². The van der Waals surface area contributed by atoms with Crippen molar-refractivity contribution >= 4 is 11.8 Å². The number of hydrogen-bond acceptors (Lipinski definition) is 3. The van der Waals surface area contributed by atoms with Crippen molar-refractivity contribution in [1.82, 2.24) is 14.4 Å². The van der Waals surface area contributed by atoms with E-state index in [1.807, 2.05) is 4.90 Å². The van der Waals surface area contributed by atoms with E-state index in [1.165, 1.54) is 23.5 Å². The smallest absolute Gasteiger partial charge is 0.250 e. The molecule has 1 spiro atoms. The lowest BCUT2D eigenvalue weighted by molar-refractivity contribution is -0.146. The van der Waals surface area contributed by atoms with Gasteiger partial charge in [-0.15, -0.1) is 0 Å². The van der Waals surface area contributed by atoms with Crippen LogP contribution in [0.2, 0.25) is 0 Å². The predicted octanol–water partition coefficient (Wildman–Crippen LogP) is 1.10. The summed E-state index contributed by atoms with van der Waals surface area (Å²) in [6, 6.07) is 4.88. The maximum Gasteiger partial charge on any atom is 0.250 e. The molecule has 6 nitrogen and oxygen atoms in total. The normalized spacial score (nSPS) is 26.5. The third kappa shape index (κ3) is 3.22. The van der Waals surface area contributed by atoms with E-state index >= 15 is 0 Å². The van der Waals surface area contributed by atoms with Gasteiger partial charge in [0.2, 0.25) is 11.8 Å². The molecule has 1 aromatic rings. The maximum absolute atomic E-state index is 13.0. The summed E-state index contributed by atoms with van der Waals surface area (Å²) in [5.74, 6) is 0.873. The Balaban J connectivity index is 1.43. The highest BCUT2D eigenvalue weighted by atomic mass is 16.2. The summed E-state index contributed by atoms with van der Waals surface area (Å²) in [4.78, 5) is 41.3. The fraction of sp³-hybridized carbons (Fsp3) is 0.632. The van der Waals surface area contributed by atoms with Gasteiger partial charge in [-0.3, -0.25) is 14.4 Å². The van der Waals surface area contributed by atoms with Crippen molar-refractivity contribution in [3.8, 4) is 0 Å². The average molecular weight is 343 g/mol. The number of aromatic nitrogens is 1. The molecule has 4 rings (SSSR count). The minimum atomic E-state index is -0.384. The van der Waals surface area contributed by atoms with E-state index in [4.69, 9.17) is 0 Å². The number of likely N-dealkylation sites (tertiary alicyclic amines) is 2. The summed E-state index contributed by atoms with van der Waals surface area (Å²) in [7, 11) is 0. The van der Waals surface area contributed by atoms with Crippen LogP contribution in [-0.4, -0.2) is 52.4 Å². The molecule has 1 saturated carbocycles. The Morgan fingerprint density at radius 3 is 2.76 bits per heavy atom. The van der Waals surface area contributed by atoms with Crippen molar-refractivity contribution in [2.45, 2.75) is 38.6 Å². The van der Waals surface area contributed by atoms with Gasteiger partial charge in [-0.2, -0.15) is 0 Å². The minimum absolute atomic E-state index is 0.0513. The number of piperidine rings is 1. The molecule has 2 amide bonds. The van der Waals surface area contributed by atoms with Crippen molar-refractivity contribution in [2.75, 3.05) is 26.2 Å². The van der Waals surface area contributed by atoms with Gasteiger partial charge in [-0.05, 0) is 44.1 Å². The largest absolute Gasteiger partial charge is 0.342 e. The number of nitrogens with zero attached hydrogens (tertiary/aromatic N) is 3. The number of amides is 2. The van der Waals surface area contributed by atoms with Crippen LogP contribution in [0.4, 0.5) is 0 Å². The number of pyridine rings is 1. The van der Waals surface area contributed by atoms with Gasteiger partial charge in [0.25, 0.3) is 5.56 Å². The van der Waals surface area contributed by atoms with Crippen LogP contribution in [0.1, 0.15) is 32.1 Å². The first-order valence-electron chi connectivity index (χ1n) is 9.30. The van der Waals surface area contributed by atoms with E-state index in [2.05, 4.69) is 0 Å². The molecule has 1 aromatic heterocycles. The van der Waals surface area contributed by atoms with Crippen molar-refractivity contribution in [3.63, 3.8) is 0 Å². The van der Waals surface area contributed by atoms with E-state index < -0.39 is 0 Å². The molecule has 2 aliphatic heterocycles. The second-order valence-electron chi connectivity index (χ2n) is 7.81. The second-order valence-corrected chi connectivity index (χ2v) is 7.81. The zero-order chi connectivity index (χ0) is 17.4. The molecule has 25 heavy (non-hydrogen) atoms. The van der Waals surface area contributed by atoms with Crippen LogP contribution in [0, 0.1) is 11.3 Å². The number of carbonyl (C=O) groups excluding carboxylic acids is 2. The lowest BCUT2D eigenvalue weighted by Crippen LogP contribution is -2.51. The van der Waals surface area contributed by atoms with Crippen LogP contribution in [0.15, 0.2) is 29.2 Å². The Kier molecular flexibility index (Phi) is 4.13. The predicted molar refractivity (Wildman–Crippen MR) is 92.9 cm³/mol. The Morgan fingerprint density at radius 2 is 2.00 bits per heavy atom. The molecule has 0 N–H and O–H groups in total. The third-order valence-corrected chi connectivity index (χ3v) is 5.91. The molecule has 3 heterocycles.